The average Bonchev–Trinajstić information content (AvgIpc) is 2.36. The third-order valence-corrected chi connectivity index (χ3v) is 3.82. The molecule has 0 radical (unpaired) electrons. The number of rotatable bonds is 6. The minimum atomic E-state index is -3.69. The fraction of sp³-hybridized carbons (Fsp3) is 0.385. The zero-order valence-electron chi connectivity index (χ0n) is 11.3. The summed E-state index contributed by atoms with van der Waals surface area (Å²) >= 11 is 0. The predicted octanol–water partition coefficient (Wildman–Crippen LogP) is 2.21. The number of anilines is 1. The topological polar surface area (TPSA) is 89.3 Å². The molecule has 0 saturated carbocycles. The number of nitrogens with zero attached hydrogens (tertiary/aromatic N) is 1. The molecule has 6 nitrogen and oxygen atoms in total. The number of para-hydroxylation sites is 1. The van der Waals surface area contributed by atoms with Crippen molar-refractivity contribution in [3.63, 3.8) is 0 Å². The van der Waals surface area contributed by atoms with Crippen LogP contribution >= 0.6 is 0 Å². The number of hydrogen-bond acceptors (Lipinski definition) is 5. The first-order valence-electron chi connectivity index (χ1n) is 6.01. The van der Waals surface area contributed by atoms with Gasteiger partial charge in [0.1, 0.15) is 10.6 Å². The van der Waals surface area contributed by atoms with Gasteiger partial charge in [0.15, 0.2) is 9.84 Å². The van der Waals surface area contributed by atoms with Gasteiger partial charge in [-0.3, -0.25) is 10.1 Å². The summed E-state index contributed by atoms with van der Waals surface area (Å²) in [5, 5.41) is 14.0. The third kappa shape index (κ3) is 3.71. The molecule has 1 rings (SSSR count). The van der Waals surface area contributed by atoms with Crippen LogP contribution in [0.3, 0.4) is 0 Å². The first kappa shape index (κ1) is 16.0. The van der Waals surface area contributed by atoms with E-state index in [4.69, 9.17) is 6.42 Å². The Kier molecular flexibility index (Phi) is 5.11. The van der Waals surface area contributed by atoms with Crippen LogP contribution in [0.1, 0.15) is 19.8 Å². The lowest BCUT2D eigenvalue weighted by Crippen LogP contribution is -2.18. The van der Waals surface area contributed by atoms with Crippen LogP contribution in [-0.4, -0.2) is 25.6 Å². The van der Waals surface area contributed by atoms with Crippen LogP contribution < -0.4 is 5.32 Å². The number of terminal acetylenes is 1. The third-order valence-electron chi connectivity index (χ3n) is 2.69. The fourth-order valence-electron chi connectivity index (χ4n) is 1.80. The molecule has 0 bridgehead atoms. The Balaban J connectivity index is 3.35. The van der Waals surface area contributed by atoms with Gasteiger partial charge in [-0.05, 0) is 18.6 Å². The molecule has 7 heteroatoms. The van der Waals surface area contributed by atoms with Gasteiger partial charge in [0.25, 0.3) is 0 Å². The van der Waals surface area contributed by atoms with Crippen molar-refractivity contribution in [2.24, 2.45) is 0 Å². The second kappa shape index (κ2) is 6.39. The van der Waals surface area contributed by atoms with E-state index in [9.17, 15) is 18.5 Å². The highest BCUT2D eigenvalue weighted by atomic mass is 32.2. The molecule has 108 valence electrons. The summed E-state index contributed by atoms with van der Waals surface area (Å²) < 4.78 is 23.2. The SMILES string of the molecule is C#CC(CCC)Nc1cccc(S(C)(=O)=O)c1[N+](=O)[O-]. The summed E-state index contributed by atoms with van der Waals surface area (Å²) in [6.07, 6.45) is 7.73. The van der Waals surface area contributed by atoms with Crippen LogP contribution in [0.5, 0.6) is 0 Å². The van der Waals surface area contributed by atoms with E-state index in [1.54, 1.807) is 0 Å². The van der Waals surface area contributed by atoms with Gasteiger partial charge >= 0.3 is 5.69 Å². The summed E-state index contributed by atoms with van der Waals surface area (Å²) in [6.45, 7) is 1.94. The summed E-state index contributed by atoms with van der Waals surface area (Å²) in [5.41, 5.74) is -0.347. The lowest BCUT2D eigenvalue weighted by atomic mass is 10.1. The van der Waals surface area contributed by atoms with Crippen LogP contribution in [0.4, 0.5) is 11.4 Å². The highest BCUT2D eigenvalue weighted by molar-refractivity contribution is 7.90. The predicted molar refractivity (Wildman–Crippen MR) is 77.4 cm³/mol. The normalized spacial score (nSPS) is 12.4. The minimum absolute atomic E-state index is 0.120. The molecule has 0 saturated heterocycles. The van der Waals surface area contributed by atoms with Gasteiger partial charge in [0.05, 0.1) is 11.0 Å². The quantitative estimate of drug-likeness (QED) is 0.494. The highest BCUT2D eigenvalue weighted by Gasteiger charge is 2.26. The van der Waals surface area contributed by atoms with Crippen LogP contribution in [0.25, 0.3) is 0 Å². The first-order chi connectivity index (χ1) is 9.31. The second-order valence-corrected chi connectivity index (χ2v) is 6.32. The van der Waals surface area contributed by atoms with E-state index in [0.29, 0.717) is 6.42 Å². The molecular weight excluding hydrogens is 280 g/mol. The molecule has 0 aromatic heterocycles. The number of hydrogen-bond donors (Lipinski definition) is 1. The molecule has 0 aliphatic carbocycles. The molecule has 20 heavy (non-hydrogen) atoms. The Morgan fingerprint density at radius 1 is 1.50 bits per heavy atom. The zero-order valence-corrected chi connectivity index (χ0v) is 12.1. The van der Waals surface area contributed by atoms with E-state index >= 15 is 0 Å². The molecule has 0 aliphatic rings. The highest BCUT2D eigenvalue weighted by Crippen LogP contribution is 2.32. The number of benzene rings is 1. The van der Waals surface area contributed by atoms with Crippen molar-refractivity contribution in [2.45, 2.75) is 30.7 Å². The molecule has 1 unspecified atom stereocenters. The van der Waals surface area contributed by atoms with E-state index in [-0.39, 0.29) is 16.6 Å². The van der Waals surface area contributed by atoms with Gasteiger partial charge in [-0.15, -0.1) is 6.42 Å². The van der Waals surface area contributed by atoms with Crippen molar-refractivity contribution in [3.05, 3.63) is 28.3 Å². The number of nitrogens with one attached hydrogen (secondary N) is 1. The molecule has 0 fully saturated rings. The van der Waals surface area contributed by atoms with Crippen molar-refractivity contribution in [1.82, 2.24) is 0 Å². The Morgan fingerprint density at radius 3 is 2.60 bits per heavy atom. The van der Waals surface area contributed by atoms with E-state index in [1.165, 1.54) is 18.2 Å². The maximum absolute atomic E-state index is 11.6. The molecule has 1 aromatic rings. The van der Waals surface area contributed by atoms with Gasteiger partial charge < -0.3 is 5.32 Å². The van der Waals surface area contributed by atoms with Gasteiger partial charge in [0, 0.05) is 6.26 Å². The van der Waals surface area contributed by atoms with Crippen molar-refractivity contribution in [1.29, 1.82) is 0 Å². The molecule has 0 amide bonds. The van der Waals surface area contributed by atoms with E-state index in [0.717, 1.165) is 12.7 Å². The smallest absolute Gasteiger partial charge is 0.310 e. The Bertz CT molecular complexity index is 647. The summed E-state index contributed by atoms with van der Waals surface area (Å²) in [5.74, 6) is 2.49. The molecule has 0 aliphatic heterocycles. The number of nitro groups is 1. The number of nitro benzene ring substituents is 1. The summed E-state index contributed by atoms with van der Waals surface area (Å²) in [4.78, 5) is 10.1. The van der Waals surface area contributed by atoms with Crippen molar-refractivity contribution >= 4 is 21.2 Å². The average molecular weight is 296 g/mol. The van der Waals surface area contributed by atoms with Crippen molar-refractivity contribution < 1.29 is 13.3 Å². The summed E-state index contributed by atoms with van der Waals surface area (Å²) in [6, 6.07) is 3.73. The van der Waals surface area contributed by atoms with Crippen molar-refractivity contribution in [2.75, 3.05) is 11.6 Å². The van der Waals surface area contributed by atoms with Gasteiger partial charge in [-0.1, -0.05) is 25.3 Å². The molecular formula is C13H16N2O4S. The molecule has 1 N–H and O–H groups in total. The van der Waals surface area contributed by atoms with E-state index in [1.807, 2.05) is 6.92 Å². The monoisotopic (exact) mass is 296 g/mol. The van der Waals surface area contributed by atoms with E-state index < -0.39 is 20.4 Å². The lowest BCUT2D eigenvalue weighted by Gasteiger charge is -2.14. The number of sulfone groups is 1. The largest absolute Gasteiger partial charge is 0.366 e. The zero-order chi connectivity index (χ0) is 15.3. The standard InChI is InChI=1S/C13H16N2O4S/c1-4-7-10(5-2)14-11-8-6-9-12(20(3,18)19)13(11)15(16)17/h2,6,8-10,14H,4,7H2,1,3H3. The second-order valence-electron chi connectivity index (χ2n) is 4.33. The first-order valence-corrected chi connectivity index (χ1v) is 7.90. The lowest BCUT2D eigenvalue weighted by molar-refractivity contribution is -0.386. The molecule has 0 heterocycles. The molecule has 1 atom stereocenters. The van der Waals surface area contributed by atoms with Crippen molar-refractivity contribution in [3.8, 4) is 12.3 Å². The van der Waals surface area contributed by atoms with Crippen LogP contribution in [-0.2, 0) is 9.84 Å². The summed E-state index contributed by atoms with van der Waals surface area (Å²) in [7, 11) is -3.69. The van der Waals surface area contributed by atoms with Crippen LogP contribution in [0.15, 0.2) is 23.1 Å². The Morgan fingerprint density at radius 2 is 2.15 bits per heavy atom. The minimum Gasteiger partial charge on any atom is -0.366 e. The maximum Gasteiger partial charge on any atom is 0.310 e. The van der Waals surface area contributed by atoms with Crippen LogP contribution in [0, 0.1) is 22.5 Å². The van der Waals surface area contributed by atoms with E-state index in [2.05, 4.69) is 11.2 Å². The Labute approximate surface area is 118 Å². The Hall–Kier alpha value is -2.07. The van der Waals surface area contributed by atoms with Crippen LogP contribution in [0.2, 0.25) is 0 Å². The molecule has 1 aromatic carbocycles. The maximum atomic E-state index is 11.6. The van der Waals surface area contributed by atoms with Gasteiger partial charge in [-0.2, -0.15) is 0 Å². The fourth-order valence-corrected chi connectivity index (χ4v) is 2.66. The van der Waals surface area contributed by atoms with Gasteiger partial charge in [0.2, 0.25) is 0 Å². The van der Waals surface area contributed by atoms with Gasteiger partial charge in [-0.25, -0.2) is 8.42 Å². The molecule has 0 spiro atoms.